The lowest BCUT2D eigenvalue weighted by atomic mass is 9.34. The molecule has 0 aliphatic heterocycles. The molecule has 3 heteroatoms. The molecule has 0 aromatic rings. The summed E-state index contributed by atoms with van der Waals surface area (Å²) < 4.78 is 0. The van der Waals surface area contributed by atoms with Gasteiger partial charge in [-0.05, 0) is 96.7 Å². The molecule has 4 saturated carbocycles. The zero-order chi connectivity index (χ0) is 23.5. The van der Waals surface area contributed by atoms with E-state index >= 15 is 0 Å². The van der Waals surface area contributed by atoms with Gasteiger partial charge in [-0.25, -0.2) is 0 Å². The zero-order valence-electron chi connectivity index (χ0n) is 21.7. The van der Waals surface area contributed by atoms with Crippen molar-refractivity contribution in [2.24, 2.45) is 44.8 Å². The van der Waals surface area contributed by atoms with E-state index in [9.17, 15) is 15.3 Å². The lowest BCUT2D eigenvalue weighted by Crippen LogP contribution is -2.68. The van der Waals surface area contributed by atoms with E-state index in [1.807, 2.05) is 0 Å². The number of aliphatic hydroxyl groups is 3. The van der Waals surface area contributed by atoms with Crippen LogP contribution in [0.15, 0.2) is 11.6 Å². The van der Waals surface area contributed by atoms with Crippen LogP contribution < -0.4 is 0 Å². The van der Waals surface area contributed by atoms with Crippen molar-refractivity contribution in [3.8, 4) is 0 Å². The number of hydrogen-bond donors (Lipinski definition) is 3. The van der Waals surface area contributed by atoms with Gasteiger partial charge in [-0.3, -0.25) is 0 Å². The first-order valence-corrected chi connectivity index (χ1v) is 13.4. The molecule has 0 aromatic carbocycles. The van der Waals surface area contributed by atoms with Gasteiger partial charge in [0.05, 0.1) is 17.8 Å². The lowest BCUT2D eigenvalue weighted by Gasteiger charge is -2.71. The summed E-state index contributed by atoms with van der Waals surface area (Å²) in [4.78, 5) is 0. The molecular weight excluding hydrogens is 396 g/mol. The highest BCUT2D eigenvalue weighted by Crippen LogP contribution is 2.74. The van der Waals surface area contributed by atoms with Crippen LogP contribution in [-0.4, -0.2) is 33.1 Å². The highest BCUT2D eigenvalue weighted by atomic mass is 16.3. The van der Waals surface area contributed by atoms with E-state index in [4.69, 9.17) is 0 Å². The van der Waals surface area contributed by atoms with E-state index < -0.39 is 11.7 Å². The fourth-order valence-corrected chi connectivity index (χ4v) is 10.3. The van der Waals surface area contributed by atoms with E-state index in [-0.39, 0.29) is 39.1 Å². The van der Waals surface area contributed by atoms with Crippen LogP contribution in [0.1, 0.15) is 106 Å². The van der Waals surface area contributed by atoms with Crippen LogP contribution in [0.3, 0.4) is 0 Å². The van der Waals surface area contributed by atoms with Gasteiger partial charge in [-0.1, -0.05) is 60.1 Å². The Morgan fingerprint density at radius 1 is 0.781 bits per heavy atom. The number of fused-ring (bicyclic) bond motifs is 7. The molecular formula is C29H48O3. The predicted molar refractivity (Wildman–Crippen MR) is 129 cm³/mol. The van der Waals surface area contributed by atoms with Crippen molar-refractivity contribution >= 4 is 0 Å². The van der Waals surface area contributed by atoms with Crippen LogP contribution >= 0.6 is 0 Å². The molecule has 0 amide bonds. The van der Waals surface area contributed by atoms with E-state index in [1.165, 1.54) is 5.57 Å². The Morgan fingerprint density at radius 2 is 1.47 bits per heavy atom. The van der Waals surface area contributed by atoms with Gasteiger partial charge in [-0.2, -0.15) is 0 Å². The molecule has 0 unspecified atom stereocenters. The Hall–Kier alpha value is -0.380. The number of hydrogen-bond acceptors (Lipinski definition) is 3. The van der Waals surface area contributed by atoms with Crippen LogP contribution in [-0.2, 0) is 0 Å². The lowest BCUT2D eigenvalue weighted by molar-refractivity contribution is -0.228. The molecule has 0 heterocycles. The average Bonchev–Trinajstić information content (AvgIpc) is 2.68. The number of aliphatic hydroxyl groups excluding tert-OH is 2. The van der Waals surface area contributed by atoms with Crippen molar-refractivity contribution in [2.45, 2.75) is 124 Å². The average molecular weight is 445 g/mol. The van der Waals surface area contributed by atoms with Crippen LogP contribution in [0.4, 0.5) is 0 Å². The maximum atomic E-state index is 11.7. The van der Waals surface area contributed by atoms with E-state index in [1.54, 1.807) is 0 Å². The van der Waals surface area contributed by atoms with Gasteiger partial charge >= 0.3 is 0 Å². The summed E-state index contributed by atoms with van der Waals surface area (Å²) in [6, 6.07) is 0. The maximum absolute atomic E-state index is 11.7. The summed E-state index contributed by atoms with van der Waals surface area (Å²) in [6.45, 7) is 16.7. The Labute approximate surface area is 196 Å². The van der Waals surface area contributed by atoms with Gasteiger partial charge in [-0.15, -0.1) is 0 Å². The van der Waals surface area contributed by atoms with Crippen molar-refractivity contribution in [1.29, 1.82) is 0 Å². The minimum absolute atomic E-state index is 0.0427. The smallest absolute Gasteiger partial charge is 0.0971 e. The third kappa shape index (κ3) is 2.71. The fourth-order valence-electron chi connectivity index (χ4n) is 10.3. The molecule has 9 atom stereocenters. The monoisotopic (exact) mass is 444 g/mol. The number of rotatable bonds is 0. The van der Waals surface area contributed by atoms with Crippen molar-refractivity contribution in [3.63, 3.8) is 0 Å². The Bertz CT molecular complexity index is 828. The summed E-state index contributed by atoms with van der Waals surface area (Å²) >= 11 is 0. The third-order valence-electron chi connectivity index (χ3n) is 12.6. The predicted octanol–water partition coefficient (Wildman–Crippen LogP) is 5.86. The van der Waals surface area contributed by atoms with Crippen LogP contribution in [0, 0.1) is 44.8 Å². The van der Waals surface area contributed by atoms with Crippen molar-refractivity contribution in [1.82, 2.24) is 0 Å². The van der Waals surface area contributed by atoms with E-state index in [0.29, 0.717) is 24.7 Å². The van der Waals surface area contributed by atoms with Crippen molar-refractivity contribution in [3.05, 3.63) is 11.6 Å². The van der Waals surface area contributed by atoms with Gasteiger partial charge in [0.2, 0.25) is 0 Å². The van der Waals surface area contributed by atoms with Crippen LogP contribution in [0.25, 0.3) is 0 Å². The SMILES string of the molecule is CC1(C)CC[C@]2(O)[C@H](O)C[C@]3(C)C(=CC[C@@H]4[C@@]5(C)CC[C@H](O)C(C)(C)[C@@H]5CC[C@]43C)[C@@H]2C1. The molecule has 182 valence electrons. The highest BCUT2D eigenvalue weighted by molar-refractivity contribution is 5.35. The quantitative estimate of drug-likeness (QED) is 0.410. The minimum Gasteiger partial charge on any atom is -0.393 e. The summed E-state index contributed by atoms with van der Waals surface area (Å²) in [5, 5.41) is 34.0. The second kappa shape index (κ2) is 6.64. The second-order valence-electron chi connectivity index (χ2n) is 14.8. The topological polar surface area (TPSA) is 60.7 Å². The summed E-state index contributed by atoms with van der Waals surface area (Å²) in [5.41, 5.74) is 0.930. The first kappa shape index (κ1) is 23.4. The first-order valence-electron chi connectivity index (χ1n) is 13.4. The van der Waals surface area contributed by atoms with Gasteiger partial charge in [0, 0.05) is 5.92 Å². The zero-order valence-corrected chi connectivity index (χ0v) is 21.7. The third-order valence-corrected chi connectivity index (χ3v) is 12.6. The normalized spacial score (nSPS) is 56.2. The van der Waals surface area contributed by atoms with Gasteiger partial charge in [0.25, 0.3) is 0 Å². The van der Waals surface area contributed by atoms with E-state index in [2.05, 4.69) is 54.5 Å². The molecule has 3 nitrogen and oxygen atoms in total. The summed E-state index contributed by atoms with van der Waals surface area (Å²) in [5.74, 6) is 1.17. The first-order chi connectivity index (χ1) is 14.6. The fraction of sp³-hybridized carbons (Fsp3) is 0.931. The molecule has 0 bridgehead atoms. The molecule has 0 radical (unpaired) electrons. The summed E-state index contributed by atoms with van der Waals surface area (Å²) in [7, 11) is 0. The van der Waals surface area contributed by atoms with Gasteiger partial charge in [0.15, 0.2) is 0 Å². The van der Waals surface area contributed by atoms with Crippen molar-refractivity contribution < 1.29 is 15.3 Å². The molecule has 5 rings (SSSR count). The molecule has 0 aromatic heterocycles. The number of allylic oxidation sites excluding steroid dienone is 1. The molecule has 32 heavy (non-hydrogen) atoms. The second-order valence-corrected chi connectivity index (χ2v) is 14.8. The molecule has 3 N–H and O–H groups in total. The van der Waals surface area contributed by atoms with Gasteiger partial charge < -0.3 is 15.3 Å². The van der Waals surface area contributed by atoms with Gasteiger partial charge in [0.1, 0.15) is 0 Å². The molecule has 0 saturated heterocycles. The molecule has 0 spiro atoms. The van der Waals surface area contributed by atoms with Crippen LogP contribution in [0.5, 0.6) is 0 Å². The standard InChI is InChI=1S/C29H48O3/c1-24(2)14-15-29(32)19(16-24)18-8-9-21-26(5)12-11-22(30)25(3,4)20(26)10-13-27(21,6)28(18,7)17-23(29)31/h8,19-23,30-32H,9-17H2,1-7H3/t19-,20-,21+,22-,23+,26-,27+,28+,29+/m0/s1. The Balaban J connectivity index is 1.60. The Morgan fingerprint density at radius 3 is 2.16 bits per heavy atom. The summed E-state index contributed by atoms with van der Waals surface area (Å²) in [6.07, 6.45) is 10.4. The molecule has 5 aliphatic carbocycles. The largest absolute Gasteiger partial charge is 0.393 e. The highest BCUT2D eigenvalue weighted by Gasteiger charge is 2.69. The van der Waals surface area contributed by atoms with Crippen LogP contribution in [0.2, 0.25) is 0 Å². The maximum Gasteiger partial charge on any atom is 0.0971 e. The molecule has 4 fully saturated rings. The Kier molecular flexibility index (Phi) is 4.85. The van der Waals surface area contributed by atoms with E-state index in [0.717, 1.165) is 44.9 Å². The molecule has 5 aliphatic rings. The van der Waals surface area contributed by atoms with Crippen molar-refractivity contribution in [2.75, 3.05) is 0 Å². The minimum atomic E-state index is -0.956.